The number of carbonyl (C=O) groups is 2. The third-order valence-electron chi connectivity index (χ3n) is 3.27. The summed E-state index contributed by atoms with van der Waals surface area (Å²) in [5.41, 5.74) is 1.60. The molecule has 0 aliphatic heterocycles. The minimum Gasteiger partial charge on any atom is -0.544 e. The average Bonchev–Trinajstić information content (AvgIpc) is 2.96. The van der Waals surface area contributed by atoms with Crippen LogP contribution in [0, 0.1) is 6.92 Å². The first kappa shape index (κ1) is 15.4. The Hall–Kier alpha value is -1.98. The van der Waals surface area contributed by atoms with Gasteiger partial charge in [-0.1, -0.05) is 35.9 Å². The Morgan fingerprint density at radius 3 is 2.52 bits per heavy atom. The average molecular weight is 303 g/mol. The number of nitrogens with two attached hydrogens (primary N) is 1. The first-order valence-electron chi connectivity index (χ1n) is 6.72. The van der Waals surface area contributed by atoms with E-state index in [9.17, 15) is 14.7 Å². The minimum atomic E-state index is -1.20. The van der Waals surface area contributed by atoms with Crippen LogP contribution >= 0.6 is 11.3 Å². The Bertz CT molecular complexity index is 605. The molecule has 0 saturated heterocycles. The molecular weight excluding hydrogens is 286 g/mol. The highest BCUT2D eigenvalue weighted by molar-refractivity contribution is 7.09. The zero-order valence-electron chi connectivity index (χ0n) is 11.7. The van der Waals surface area contributed by atoms with Crippen LogP contribution in [0.1, 0.15) is 27.2 Å². The second-order valence-electron chi connectivity index (χ2n) is 4.94. The summed E-state index contributed by atoms with van der Waals surface area (Å²) in [6.45, 7) is 2.48. The predicted octanol–water partition coefficient (Wildman–Crippen LogP) is 0.511. The minimum absolute atomic E-state index is 0.0588. The largest absolute Gasteiger partial charge is 0.544 e. The van der Waals surface area contributed by atoms with Crippen LogP contribution in [-0.4, -0.2) is 17.8 Å². The first-order chi connectivity index (χ1) is 10.1. The Kier molecular flexibility index (Phi) is 5.25. The molecule has 0 spiro atoms. The number of carbonyl (C=O) groups excluding carboxylic acids is 2. The molecule has 2 N–H and O–H groups in total. The van der Waals surface area contributed by atoms with Gasteiger partial charge in [0.05, 0.1) is 17.3 Å². The lowest BCUT2D eigenvalue weighted by Crippen LogP contribution is -2.92. The lowest BCUT2D eigenvalue weighted by atomic mass is 10.0. The number of aliphatic carboxylic acids is 1. The SMILES string of the molecule is Cc1ccc(C(=O)C[C@H]([NH2+]Cc2cccs2)C(=O)[O-])cc1. The maximum absolute atomic E-state index is 12.1. The molecule has 1 aromatic carbocycles. The maximum atomic E-state index is 12.1. The van der Waals surface area contributed by atoms with Crippen LogP contribution in [0.15, 0.2) is 41.8 Å². The van der Waals surface area contributed by atoms with Crippen molar-refractivity contribution in [2.24, 2.45) is 0 Å². The number of benzene rings is 1. The number of ketones is 1. The summed E-state index contributed by atoms with van der Waals surface area (Å²) >= 11 is 1.56. The highest BCUT2D eigenvalue weighted by atomic mass is 32.1. The highest BCUT2D eigenvalue weighted by Crippen LogP contribution is 2.08. The zero-order chi connectivity index (χ0) is 15.2. The number of Topliss-reactive ketones (excluding diaryl/α,β-unsaturated/α-hetero) is 1. The van der Waals surface area contributed by atoms with Gasteiger partial charge < -0.3 is 15.2 Å². The van der Waals surface area contributed by atoms with Gasteiger partial charge in [0.1, 0.15) is 12.6 Å². The van der Waals surface area contributed by atoms with E-state index in [1.165, 1.54) is 0 Å². The molecule has 5 heteroatoms. The molecule has 1 heterocycles. The first-order valence-corrected chi connectivity index (χ1v) is 7.60. The van der Waals surface area contributed by atoms with Gasteiger partial charge in [0, 0.05) is 5.56 Å². The van der Waals surface area contributed by atoms with E-state index in [1.54, 1.807) is 28.8 Å². The molecule has 0 radical (unpaired) electrons. The van der Waals surface area contributed by atoms with Crippen LogP contribution in [0.5, 0.6) is 0 Å². The van der Waals surface area contributed by atoms with Crippen molar-refractivity contribution in [1.82, 2.24) is 0 Å². The number of hydrogen-bond acceptors (Lipinski definition) is 4. The summed E-state index contributed by atoms with van der Waals surface area (Å²) in [5, 5.41) is 14.8. The van der Waals surface area contributed by atoms with Crippen molar-refractivity contribution in [3.8, 4) is 0 Å². The van der Waals surface area contributed by atoms with Gasteiger partial charge in [0.2, 0.25) is 0 Å². The van der Waals surface area contributed by atoms with Gasteiger partial charge in [-0.3, -0.25) is 4.79 Å². The van der Waals surface area contributed by atoms with Gasteiger partial charge in [-0.05, 0) is 18.4 Å². The second-order valence-corrected chi connectivity index (χ2v) is 5.97. The number of rotatable bonds is 7. The second kappa shape index (κ2) is 7.15. The molecule has 0 aliphatic rings. The molecule has 0 bridgehead atoms. The predicted molar refractivity (Wildman–Crippen MR) is 78.9 cm³/mol. The summed E-state index contributed by atoms with van der Waals surface area (Å²) < 4.78 is 0. The smallest absolute Gasteiger partial charge is 0.169 e. The molecule has 0 aliphatic carbocycles. The van der Waals surface area contributed by atoms with Crippen LogP contribution < -0.4 is 10.4 Å². The molecule has 0 fully saturated rings. The van der Waals surface area contributed by atoms with Crippen LogP contribution in [0.25, 0.3) is 0 Å². The van der Waals surface area contributed by atoms with Gasteiger partial charge in [-0.15, -0.1) is 11.3 Å². The highest BCUT2D eigenvalue weighted by Gasteiger charge is 2.19. The molecule has 0 amide bonds. The van der Waals surface area contributed by atoms with Crippen molar-refractivity contribution in [3.05, 3.63) is 57.8 Å². The molecule has 4 nitrogen and oxygen atoms in total. The van der Waals surface area contributed by atoms with Crippen LogP contribution in [0.4, 0.5) is 0 Å². The monoisotopic (exact) mass is 303 g/mol. The Morgan fingerprint density at radius 1 is 1.24 bits per heavy atom. The van der Waals surface area contributed by atoms with Crippen molar-refractivity contribution >= 4 is 23.1 Å². The van der Waals surface area contributed by atoms with Crippen LogP contribution in [0.2, 0.25) is 0 Å². The summed E-state index contributed by atoms with van der Waals surface area (Å²) in [7, 11) is 0. The zero-order valence-corrected chi connectivity index (χ0v) is 12.6. The molecule has 2 aromatic rings. The van der Waals surface area contributed by atoms with Gasteiger partial charge in [0.15, 0.2) is 5.78 Å². The molecular formula is C16H17NO3S. The van der Waals surface area contributed by atoms with Gasteiger partial charge in [-0.2, -0.15) is 0 Å². The van der Waals surface area contributed by atoms with E-state index < -0.39 is 12.0 Å². The Morgan fingerprint density at radius 2 is 1.95 bits per heavy atom. The fourth-order valence-electron chi connectivity index (χ4n) is 2.01. The van der Waals surface area contributed by atoms with Gasteiger partial charge in [-0.25, -0.2) is 0 Å². The van der Waals surface area contributed by atoms with E-state index in [0.717, 1.165) is 10.4 Å². The number of hydrogen-bond donors (Lipinski definition) is 1. The third kappa shape index (κ3) is 4.51. The topological polar surface area (TPSA) is 73.8 Å². The standard InChI is InChI=1S/C16H17NO3S/c1-11-4-6-12(7-5-11)15(18)9-14(16(19)20)17-10-13-3-2-8-21-13/h2-8,14,17H,9-10H2,1H3,(H,19,20)/t14-/m0/s1. The van der Waals surface area contributed by atoms with Gasteiger partial charge >= 0.3 is 0 Å². The summed E-state index contributed by atoms with van der Waals surface area (Å²) in [6.07, 6.45) is -0.0588. The van der Waals surface area contributed by atoms with Crippen LogP contribution in [0.3, 0.4) is 0 Å². The van der Waals surface area contributed by atoms with E-state index in [2.05, 4.69) is 0 Å². The van der Waals surface area contributed by atoms with E-state index in [1.807, 2.05) is 36.6 Å². The van der Waals surface area contributed by atoms with E-state index in [4.69, 9.17) is 0 Å². The number of aryl methyl sites for hydroxylation is 1. The van der Waals surface area contributed by atoms with Crippen molar-refractivity contribution in [3.63, 3.8) is 0 Å². The maximum Gasteiger partial charge on any atom is 0.169 e. The number of quaternary nitrogens is 1. The molecule has 1 atom stereocenters. The lowest BCUT2D eigenvalue weighted by Gasteiger charge is -2.15. The molecule has 0 saturated carbocycles. The number of carboxylic acid groups (broad SMARTS) is 1. The third-order valence-corrected chi connectivity index (χ3v) is 4.16. The van der Waals surface area contributed by atoms with Crippen molar-refractivity contribution in [2.45, 2.75) is 25.9 Å². The number of carboxylic acids is 1. The van der Waals surface area contributed by atoms with Crippen molar-refractivity contribution < 1.29 is 20.0 Å². The summed E-state index contributed by atoms with van der Waals surface area (Å²) in [6, 6.07) is 10.1. The fraction of sp³-hybridized carbons (Fsp3) is 0.250. The van der Waals surface area contributed by atoms with Crippen molar-refractivity contribution in [2.75, 3.05) is 0 Å². The van der Waals surface area contributed by atoms with E-state index in [0.29, 0.717) is 12.1 Å². The normalized spacial score (nSPS) is 12.0. The van der Waals surface area contributed by atoms with Gasteiger partial charge in [0.25, 0.3) is 0 Å². The molecule has 2 rings (SSSR count). The van der Waals surface area contributed by atoms with Crippen LogP contribution in [-0.2, 0) is 11.3 Å². The van der Waals surface area contributed by atoms with E-state index >= 15 is 0 Å². The Balaban J connectivity index is 1.97. The summed E-state index contributed by atoms with van der Waals surface area (Å²) in [4.78, 5) is 24.4. The quantitative estimate of drug-likeness (QED) is 0.758. The fourth-order valence-corrected chi connectivity index (χ4v) is 2.69. The summed E-state index contributed by atoms with van der Waals surface area (Å²) in [5.74, 6) is -1.38. The molecule has 1 aromatic heterocycles. The molecule has 110 valence electrons. The van der Waals surface area contributed by atoms with Crippen molar-refractivity contribution in [1.29, 1.82) is 0 Å². The number of thiophene rings is 1. The molecule has 0 unspecified atom stereocenters. The lowest BCUT2D eigenvalue weighted by molar-refractivity contribution is -0.696. The van der Waals surface area contributed by atoms with E-state index in [-0.39, 0.29) is 12.2 Å². The molecule has 21 heavy (non-hydrogen) atoms. The Labute approximate surface area is 127 Å².